The lowest BCUT2D eigenvalue weighted by Crippen LogP contribution is -2.36. The van der Waals surface area contributed by atoms with Crippen molar-refractivity contribution in [1.29, 1.82) is 0 Å². The first-order chi connectivity index (χ1) is 9.59. The third kappa shape index (κ3) is 1.77. The number of rotatable bonds is 2. The smallest absolute Gasteiger partial charge is 0.259 e. The number of amides is 2. The number of nitrogens with two attached hydrogens (primary N) is 1. The van der Waals surface area contributed by atoms with E-state index in [1.165, 1.54) is 4.90 Å². The number of anilines is 1. The Labute approximate surface area is 116 Å². The average molecular weight is 266 g/mol. The maximum absolute atomic E-state index is 12.5. The molecule has 0 radical (unpaired) electrons. The van der Waals surface area contributed by atoms with Crippen molar-refractivity contribution in [3.63, 3.8) is 0 Å². The molecule has 3 rings (SSSR count). The minimum atomic E-state index is -0.735. The van der Waals surface area contributed by atoms with E-state index < -0.39 is 11.9 Å². The molecular weight excluding hydrogens is 252 g/mol. The summed E-state index contributed by atoms with van der Waals surface area (Å²) in [5.74, 6) is -0.711. The number of primary amides is 1. The quantitative estimate of drug-likeness (QED) is 0.905. The van der Waals surface area contributed by atoms with Crippen molar-refractivity contribution >= 4 is 17.5 Å². The first kappa shape index (κ1) is 12.4. The number of benzene rings is 2. The monoisotopic (exact) mass is 266 g/mol. The normalized spacial score (nSPS) is 17.1. The zero-order valence-electron chi connectivity index (χ0n) is 11.0. The standard InChI is InChI=1S/C16H14N2O2/c1-10-6-8-11(9-7-10)18-14(15(17)19)12-4-2-3-5-13(12)16(18)20/h2-9,14H,1H3,(H2,17,19). The van der Waals surface area contributed by atoms with Gasteiger partial charge in [0.05, 0.1) is 0 Å². The van der Waals surface area contributed by atoms with Crippen molar-refractivity contribution in [2.45, 2.75) is 13.0 Å². The van der Waals surface area contributed by atoms with Crippen LogP contribution in [0.4, 0.5) is 5.69 Å². The molecule has 2 N–H and O–H groups in total. The van der Waals surface area contributed by atoms with Gasteiger partial charge in [-0.1, -0.05) is 35.9 Å². The minimum absolute atomic E-state index is 0.187. The van der Waals surface area contributed by atoms with Gasteiger partial charge in [-0.2, -0.15) is 0 Å². The van der Waals surface area contributed by atoms with Crippen LogP contribution >= 0.6 is 0 Å². The highest BCUT2D eigenvalue weighted by Crippen LogP contribution is 2.37. The third-order valence-corrected chi connectivity index (χ3v) is 3.54. The fourth-order valence-electron chi connectivity index (χ4n) is 2.57. The largest absolute Gasteiger partial charge is 0.368 e. The minimum Gasteiger partial charge on any atom is -0.368 e. The lowest BCUT2D eigenvalue weighted by molar-refractivity contribution is -0.119. The summed E-state index contributed by atoms with van der Waals surface area (Å²) in [5, 5.41) is 0. The van der Waals surface area contributed by atoms with Gasteiger partial charge in [0.1, 0.15) is 6.04 Å². The van der Waals surface area contributed by atoms with Crippen LogP contribution in [0.5, 0.6) is 0 Å². The van der Waals surface area contributed by atoms with Gasteiger partial charge in [0.2, 0.25) is 5.91 Å². The van der Waals surface area contributed by atoms with Gasteiger partial charge >= 0.3 is 0 Å². The summed E-state index contributed by atoms with van der Waals surface area (Å²) in [4.78, 5) is 25.8. The highest BCUT2D eigenvalue weighted by atomic mass is 16.2. The molecule has 0 aliphatic carbocycles. The van der Waals surface area contributed by atoms with Crippen molar-refractivity contribution in [2.75, 3.05) is 4.90 Å². The van der Waals surface area contributed by atoms with Gasteiger partial charge in [-0.15, -0.1) is 0 Å². The third-order valence-electron chi connectivity index (χ3n) is 3.54. The maximum atomic E-state index is 12.5. The molecule has 1 unspecified atom stereocenters. The number of hydrogen-bond acceptors (Lipinski definition) is 2. The topological polar surface area (TPSA) is 63.4 Å². The average Bonchev–Trinajstić information content (AvgIpc) is 2.74. The van der Waals surface area contributed by atoms with Crippen LogP contribution in [0.3, 0.4) is 0 Å². The summed E-state index contributed by atoms with van der Waals surface area (Å²) in [7, 11) is 0. The Kier molecular flexibility index (Phi) is 2.79. The molecule has 2 amide bonds. The van der Waals surface area contributed by atoms with Crippen LogP contribution in [0, 0.1) is 6.92 Å². The van der Waals surface area contributed by atoms with Gasteiger partial charge in [-0.05, 0) is 30.7 Å². The lowest BCUT2D eigenvalue weighted by atomic mass is 10.0. The van der Waals surface area contributed by atoms with Crippen LogP contribution in [0.25, 0.3) is 0 Å². The number of aryl methyl sites for hydroxylation is 1. The molecule has 0 bridgehead atoms. The Hall–Kier alpha value is -2.62. The molecule has 1 heterocycles. The number of nitrogens with zero attached hydrogens (tertiary/aromatic N) is 1. The zero-order valence-corrected chi connectivity index (χ0v) is 11.0. The highest BCUT2D eigenvalue weighted by molar-refractivity contribution is 6.15. The van der Waals surface area contributed by atoms with Crippen molar-refractivity contribution in [3.05, 3.63) is 65.2 Å². The number of carbonyl (C=O) groups excluding carboxylic acids is 2. The molecule has 1 aliphatic rings. The van der Waals surface area contributed by atoms with Gasteiger partial charge < -0.3 is 5.73 Å². The second-order valence-corrected chi connectivity index (χ2v) is 4.90. The lowest BCUT2D eigenvalue weighted by Gasteiger charge is -2.23. The van der Waals surface area contributed by atoms with Gasteiger partial charge in [0, 0.05) is 11.3 Å². The van der Waals surface area contributed by atoms with Crippen LogP contribution in [-0.2, 0) is 4.79 Å². The zero-order chi connectivity index (χ0) is 14.3. The van der Waals surface area contributed by atoms with Crippen molar-refractivity contribution in [3.8, 4) is 0 Å². The number of hydrogen-bond donors (Lipinski definition) is 1. The van der Waals surface area contributed by atoms with Gasteiger partial charge in [-0.25, -0.2) is 0 Å². The molecule has 2 aromatic rings. The van der Waals surface area contributed by atoms with Crippen LogP contribution in [0.2, 0.25) is 0 Å². The first-order valence-corrected chi connectivity index (χ1v) is 6.38. The van der Waals surface area contributed by atoms with Crippen molar-refractivity contribution in [1.82, 2.24) is 0 Å². The van der Waals surface area contributed by atoms with E-state index in [9.17, 15) is 9.59 Å². The summed E-state index contributed by atoms with van der Waals surface area (Å²) >= 11 is 0. The van der Waals surface area contributed by atoms with Gasteiger partial charge in [0.25, 0.3) is 5.91 Å². The SMILES string of the molecule is Cc1ccc(N2C(=O)c3ccccc3C2C(N)=O)cc1. The van der Waals surface area contributed by atoms with Gasteiger partial charge in [0.15, 0.2) is 0 Å². The van der Waals surface area contributed by atoms with Crippen molar-refractivity contribution in [2.24, 2.45) is 5.73 Å². The molecule has 1 atom stereocenters. The molecule has 2 aromatic carbocycles. The van der Waals surface area contributed by atoms with Crippen molar-refractivity contribution < 1.29 is 9.59 Å². The Morgan fingerprint density at radius 3 is 2.40 bits per heavy atom. The van der Waals surface area contributed by atoms with E-state index in [4.69, 9.17) is 5.73 Å². The molecule has 0 saturated carbocycles. The number of fused-ring (bicyclic) bond motifs is 1. The molecule has 20 heavy (non-hydrogen) atoms. The summed E-state index contributed by atoms with van der Waals surface area (Å²) in [5.41, 5.74) is 8.48. The Morgan fingerprint density at radius 2 is 1.75 bits per heavy atom. The van der Waals surface area contributed by atoms with E-state index in [0.717, 1.165) is 5.56 Å². The van der Waals surface area contributed by atoms with Gasteiger partial charge in [-0.3, -0.25) is 14.5 Å². The number of carbonyl (C=O) groups is 2. The fraction of sp³-hybridized carbons (Fsp3) is 0.125. The molecule has 100 valence electrons. The van der Waals surface area contributed by atoms with Crippen LogP contribution < -0.4 is 10.6 Å². The van der Waals surface area contributed by atoms with Crippen LogP contribution in [-0.4, -0.2) is 11.8 Å². The van der Waals surface area contributed by atoms with Crippen LogP contribution in [0.15, 0.2) is 48.5 Å². The summed E-state index contributed by atoms with van der Waals surface area (Å²) in [6.07, 6.45) is 0. The van der Waals surface area contributed by atoms with E-state index >= 15 is 0 Å². The van der Waals surface area contributed by atoms with E-state index in [0.29, 0.717) is 16.8 Å². The second-order valence-electron chi connectivity index (χ2n) is 4.90. The Bertz CT molecular complexity index is 692. The second kappa shape index (κ2) is 4.49. The predicted octanol–water partition coefficient (Wildman–Crippen LogP) is 2.18. The fourth-order valence-corrected chi connectivity index (χ4v) is 2.57. The molecule has 1 aliphatic heterocycles. The van der Waals surface area contributed by atoms with Crippen LogP contribution in [0.1, 0.15) is 27.5 Å². The molecular formula is C16H14N2O2. The molecule has 0 aromatic heterocycles. The van der Waals surface area contributed by atoms with E-state index in [1.54, 1.807) is 24.3 Å². The Morgan fingerprint density at radius 1 is 1.10 bits per heavy atom. The summed E-state index contributed by atoms with van der Waals surface area (Å²) < 4.78 is 0. The highest BCUT2D eigenvalue weighted by Gasteiger charge is 2.40. The maximum Gasteiger partial charge on any atom is 0.259 e. The first-order valence-electron chi connectivity index (χ1n) is 6.38. The summed E-state index contributed by atoms with van der Waals surface area (Å²) in [6.45, 7) is 1.97. The summed E-state index contributed by atoms with van der Waals surface area (Å²) in [6, 6.07) is 13.8. The van der Waals surface area contributed by atoms with E-state index in [2.05, 4.69) is 0 Å². The van der Waals surface area contributed by atoms with E-state index in [-0.39, 0.29) is 5.91 Å². The molecule has 4 nitrogen and oxygen atoms in total. The molecule has 0 saturated heterocycles. The molecule has 4 heteroatoms. The Balaban J connectivity index is 2.14. The molecule has 0 spiro atoms. The predicted molar refractivity (Wildman–Crippen MR) is 76.4 cm³/mol. The molecule has 0 fully saturated rings. The van der Waals surface area contributed by atoms with E-state index in [1.807, 2.05) is 31.2 Å².